The minimum Gasteiger partial charge on any atom is -0.482 e. The summed E-state index contributed by atoms with van der Waals surface area (Å²) in [5.41, 5.74) is 3.58. The molecule has 0 aliphatic carbocycles. The van der Waals surface area contributed by atoms with Gasteiger partial charge in [0.15, 0.2) is 6.61 Å². The van der Waals surface area contributed by atoms with Crippen LogP contribution in [0.15, 0.2) is 53.9 Å². The van der Waals surface area contributed by atoms with Gasteiger partial charge in [0.1, 0.15) is 12.3 Å². The standard InChI is InChI=1S/C24H25N3O3S/c1-3-26(4-2)23(28)14-27-20-13-18(10-11-21(20)30-15-24(27)29)19-16-31-22(25-19)12-17-8-6-5-7-9-17/h5-11,13,16H,3-4,12,14-15H2,1-2H3. The van der Waals surface area contributed by atoms with Crippen molar-refractivity contribution in [1.82, 2.24) is 9.88 Å². The van der Waals surface area contributed by atoms with Crippen molar-refractivity contribution in [3.8, 4) is 17.0 Å². The quantitative estimate of drug-likeness (QED) is 0.563. The molecule has 2 aromatic carbocycles. The van der Waals surface area contributed by atoms with E-state index in [1.54, 1.807) is 16.2 Å². The summed E-state index contributed by atoms with van der Waals surface area (Å²) in [5, 5.41) is 3.05. The van der Waals surface area contributed by atoms with E-state index in [-0.39, 0.29) is 25.0 Å². The number of amides is 2. The van der Waals surface area contributed by atoms with Crippen LogP contribution in [0.25, 0.3) is 11.3 Å². The fourth-order valence-electron chi connectivity index (χ4n) is 3.64. The number of hydrogen-bond donors (Lipinski definition) is 0. The smallest absolute Gasteiger partial charge is 0.265 e. The Kier molecular flexibility index (Phi) is 6.32. The van der Waals surface area contributed by atoms with Crippen molar-refractivity contribution in [2.75, 3.05) is 31.1 Å². The van der Waals surface area contributed by atoms with Gasteiger partial charge in [-0.1, -0.05) is 30.3 Å². The number of nitrogens with zero attached hydrogens (tertiary/aromatic N) is 3. The highest BCUT2D eigenvalue weighted by molar-refractivity contribution is 7.10. The summed E-state index contributed by atoms with van der Waals surface area (Å²) < 4.78 is 5.60. The van der Waals surface area contributed by atoms with Crippen molar-refractivity contribution >= 4 is 28.8 Å². The highest BCUT2D eigenvalue weighted by atomic mass is 32.1. The van der Waals surface area contributed by atoms with Crippen molar-refractivity contribution in [2.45, 2.75) is 20.3 Å². The number of benzene rings is 2. The highest BCUT2D eigenvalue weighted by Crippen LogP contribution is 2.36. The molecule has 1 aromatic heterocycles. The van der Waals surface area contributed by atoms with Crippen LogP contribution in [0.1, 0.15) is 24.4 Å². The first-order valence-electron chi connectivity index (χ1n) is 10.4. The molecule has 3 aromatic rings. The molecule has 4 rings (SSSR count). The van der Waals surface area contributed by atoms with Gasteiger partial charge in [-0.15, -0.1) is 11.3 Å². The maximum absolute atomic E-state index is 12.6. The van der Waals surface area contributed by atoms with Crippen LogP contribution in [0.5, 0.6) is 5.75 Å². The maximum atomic E-state index is 12.6. The number of fused-ring (bicyclic) bond motifs is 1. The fraction of sp³-hybridized carbons (Fsp3) is 0.292. The summed E-state index contributed by atoms with van der Waals surface area (Å²) in [6, 6.07) is 15.9. The van der Waals surface area contributed by atoms with Gasteiger partial charge < -0.3 is 9.64 Å². The Labute approximate surface area is 186 Å². The van der Waals surface area contributed by atoms with Crippen LogP contribution in [-0.2, 0) is 16.0 Å². The zero-order valence-electron chi connectivity index (χ0n) is 17.7. The van der Waals surface area contributed by atoms with Crippen LogP contribution < -0.4 is 9.64 Å². The summed E-state index contributed by atoms with van der Waals surface area (Å²) in [6.45, 7) is 5.05. The van der Waals surface area contributed by atoms with E-state index >= 15 is 0 Å². The Morgan fingerprint density at radius 3 is 2.68 bits per heavy atom. The molecule has 0 atom stereocenters. The van der Waals surface area contributed by atoms with E-state index in [2.05, 4.69) is 12.1 Å². The van der Waals surface area contributed by atoms with Gasteiger partial charge in [-0.05, 0) is 37.6 Å². The number of hydrogen-bond acceptors (Lipinski definition) is 5. The molecular formula is C24H25N3O3S. The number of likely N-dealkylation sites (N-methyl/N-ethyl adjacent to an activating group) is 1. The lowest BCUT2D eigenvalue weighted by Crippen LogP contribution is -2.46. The van der Waals surface area contributed by atoms with Crippen molar-refractivity contribution in [3.05, 3.63) is 64.5 Å². The van der Waals surface area contributed by atoms with Crippen molar-refractivity contribution in [1.29, 1.82) is 0 Å². The summed E-state index contributed by atoms with van der Waals surface area (Å²) in [4.78, 5) is 33.2. The first-order chi connectivity index (χ1) is 15.1. The summed E-state index contributed by atoms with van der Waals surface area (Å²) >= 11 is 1.61. The van der Waals surface area contributed by atoms with Gasteiger partial charge in [-0.2, -0.15) is 0 Å². The van der Waals surface area contributed by atoms with Gasteiger partial charge >= 0.3 is 0 Å². The molecule has 1 aliphatic rings. The Bertz CT molecular complexity index is 1080. The monoisotopic (exact) mass is 435 g/mol. The second kappa shape index (κ2) is 9.31. The predicted molar refractivity (Wildman–Crippen MR) is 123 cm³/mol. The molecule has 0 saturated carbocycles. The van der Waals surface area contributed by atoms with Gasteiger partial charge in [-0.25, -0.2) is 4.98 Å². The van der Waals surface area contributed by atoms with E-state index in [4.69, 9.17) is 9.72 Å². The largest absolute Gasteiger partial charge is 0.482 e. The van der Waals surface area contributed by atoms with Gasteiger partial charge in [-0.3, -0.25) is 14.5 Å². The molecular weight excluding hydrogens is 410 g/mol. The van der Waals surface area contributed by atoms with Crippen molar-refractivity contribution < 1.29 is 14.3 Å². The SMILES string of the molecule is CCN(CC)C(=O)CN1C(=O)COc2ccc(-c3csc(Cc4ccccc4)n3)cc21. The molecule has 6 nitrogen and oxygen atoms in total. The van der Waals surface area contributed by atoms with Crippen LogP contribution in [0.4, 0.5) is 5.69 Å². The van der Waals surface area contributed by atoms with E-state index in [0.29, 0.717) is 24.5 Å². The molecule has 0 fully saturated rings. The number of carbonyl (C=O) groups is 2. The van der Waals surface area contributed by atoms with Crippen LogP contribution in [0, 0.1) is 0 Å². The van der Waals surface area contributed by atoms with E-state index in [1.807, 2.05) is 55.6 Å². The third-order valence-electron chi connectivity index (χ3n) is 5.36. The zero-order chi connectivity index (χ0) is 21.8. The number of anilines is 1. The number of aromatic nitrogens is 1. The highest BCUT2D eigenvalue weighted by Gasteiger charge is 2.29. The van der Waals surface area contributed by atoms with Gasteiger partial charge in [0.2, 0.25) is 5.91 Å². The molecule has 0 unspecified atom stereocenters. The number of thiazole rings is 1. The molecule has 160 valence electrons. The summed E-state index contributed by atoms with van der Waals surface area (Å²) in [5.74, 6) is 0.319. The fourth-order valence-corrected chi connectivity index (χ4v) is 4.48. The molecule has 31 heavy (non-hydrogen) atoms. The van der Waals surface area contributed by atoms with Gasteiger partial charge in [0.05, 0.1) is 16.4 Å². The average molecular weight is 436 g/mol. The molecule has 2 amide bonds. The molecule has 7 heteroatoms. The van der Waals surface area contributed by atoms with E-state index in [1.165, 1.54) is 10.5 Å². The Morgan fingerprint density at radius 1 is 1.16 bits per heavy atom. The Morgan fingerprint density at radius 2 is 1.94 bits per heavy atom. The van der Waals surface area contributed by atoms with E-state index in [9.17, 15) is 9.59 Å². The molecule has 0 bridgehead atoms. The number of carbonyl (C=O) groups excluding carboxylic acids is 2. The normalized spacial score (nSPS) is 13.0. The van der Waals surface area contributed by atoms with E-state index < -0.39 is 0 Å². The lowest BCUT2D eigenvalue weighted by molar-refractivity contribution is -0.131. The molecule has 0 spiro atoms. The van der Waals surface area contributed by atoms with E-state index in [0.717, 1.165) is 22.7 Å². The van der Waals surface area contributed by atoms with Crippen molar-refractivity contribution in [2.24, 2.45) is 0 Å². The summed E-state index contributed by atoms with van der Waals surface area (Å²) in [7, 11) is 0. The average Bonchev–Trinajstić information content (AvgIpc) is 3.25. The lowest BCUT2D eigenvalue weighted by Gasteiger charge is -2.31. The van der Waals surface area contributed by atoms with Crippen molar-refractivity contribution in [3.63, 3.8) is 0 Å². The zero-order valence-corrected chi connectivity index (χ0v) is 18.5. The Hall–Kier alpha value is -3.19. The molecule has 1 aliphatic heterocycles. The van der Waals surface area contributed by atoms with Crippen LogP contribution in [-0.4, -0.2) is 47.9 Å². The predicted octanol–water partition coefficient (Wildman–Crippen LogP) is 3.99. The van der Waals surface area contributed by atoms with Crippen LogP contribution >= 0.6 is 11.3 Å². The third-order valence-corrected chi connectivity index (χ3v) is 6.21. The topological polar surface area (TPSA) is 62.7 Å². The number of ether oxygens (including phenoxy) is 1. The third kappa shape index (κ3) is 4.61. The Balaban J connectivity index is 1.59. The first-order valence-corrected chi connectivity index (χ1v) is 11.3. The molecule has 0 radical (unpaired) electrons. The molecule has 0 saturated heterocycles. The van der Waals surface area contributed by atoms with Gasteiger partial charge in [0.25, 0.3) is 5.91 Å². The first kappa shape index (κ1) is 21.1. The van der Waals surface area contributed by atoms with Crippen LogP contribution in [0.3, 0.4) is 0 Å². The van der Waals surface area contributed by atoms with Crippen LogP contribution in [0.2, 0.25) is 0 Å². The minimum absolute atomic E-state index is 0.0106. The molecule has 0 N–H and O–H groups in total. The minimum atomic E-state index is -0.215. The second-order valence-electron chi connectivity index (χ2n) is 7.31. The summed E-state index contributed by atoms with van der Waals surface area (Å²) in [6.07, 6.45) is 0.780. The second-order valence-corrected chi connectivity index (χ2v) is 8.25. The maximum Gasteiger partial charge on any atom is 0.265 e. The number of rotatable bonds is 7. The molecule has 2 heterocycles. The lowest BCUT2D eigenvalue weighted by atomic mass is 10.1. The van der Waals surface area contributed by atoms with Gasteiger partial charge in [0, 0.05) is 30.5 Å².